The van der Waals surface area contributed by atoms with Crippen LogP contribution in [0.5, 0.6) is 0 Å². The first-order valence-electron chi connectivity index (χ1n) is 6.72. The number of unbranched alkanes of at least 4 members (excludes halogenated alkanes) is 1. The lowest BCUT2D eigenvalue weighted by molar-refractivity contribution is -0.138. The fraction of sp³-hybridized carbons (Fsp3) is 0.438. The predicted molar refractivity (Wildman–Crippen MR) is 85.6 cm³/mol. The van der Waals surface area contributed by atoms with Crippen LogP contribution in [0.3, 0.4) is 0 Å². The van der Waals surface area contributed by atoms with Gasteiger partial charge in [-0.25, -0.2) is 14.4 Å². The molecule has 0 saturated heterocycles. The Kier molecular flexibility index (Phi) is 18.7. The van der Waals surface area contributed by atoms with Crippen molar-refractivity contribution >= 4 is 17.9 Å². The highest BCUT2D eigenvalue weighted by Gasteiger charge is 1.96. The Morgan fingerprint density at radius 3 is 1.73 bits per heavy atom. The molecule has 0 aliphatic rings. The maximum absolute atomic E-state index is 10.3. The lowest BCUT2D eigenvalue weighted by atomic mass is 10.2. The second-order valence-corrected chi connectivity index (χ2v) is 4.07. The molecule has 0 saturated carbocycles. The van der Waals surface area contributed by atoms with Crippen molar-refractivity contribution in [1.29, 1.82) is 0 Å². The number of aliphatic carboxylic acids is 2. The van der Waals surface area contributed by atoms with Crippen LogP contribution in [0.15, 0.2) is 37.0 Å². The Labute approximate surface area is 131 Å². The fourth-order valence-electron chi connectivity index (χ4n) is 0.527. The van der Waals surface area contributed by atoms with Gasteiger partial charge in [0, 0.05) is 17.2 Å². The van der Waals surface area contributed by atoms with Crippen molar-refractivity contribution in [3.8, 4) is 0 Å². The average Bonchev–Trinajstić information content (AvgIpc) is 2.47. The van der Waals surface area contributed by atoms with E-state index in [2.05, 4.69) is 24.5 Å². The zero-order valence-corrected chi connectivity index (χ0v) is 13.6. The Bertz CT molecular complexity index is 383. The highest BCUT2D eigenvalue weighted by Crippen LogP contribution is 1.93. The van der Waals surface area contributed by atoms with Gasteiger partial charge < -0.3 is 14.9 Å². The van der Waals surface area contributed by atoms with Gasteiger partial charge in [0.25, 0.3) is 0 Å². The molecule has 2 N–H and O–H groups in total. The van der Waals surface area contributed by atoms with Gasteiger partial charge in [-0.05, 0) is 19.8 Å². The van der Waals surface area contributed by atoms with E-state index in [4.69, 9.17) is 10.2 Å². The van der Waals surface area contributed by atoms with Crippen molar-refractivity contribution in [2.45, 2.75) is 40.0 Å². The van der Waals surface area contributed by atoms with Crippen LogP contribution in [0.2, 0.25) is 0 Å². The zero-order chi connectivity index (χ0) is 18.1. The first-order valence-corrected chi connectivity index (χ1v) is 6.72. The van der Waals surface area contributed by atoms with Crippen molar-refractivity contribution in [2.75, 3.05) is 6.61 Å². The van der Waals surface area contributed by atoms with Crippen molar-refractivity contribution in [2.24, 2.45) is 0 Å². The molecule has 0 amide bonds. The Balaban J connectivity index is -0.000000252. The summed E-state index contributed by atoms with van der Waals surface area (Å²) in [5, 5.41) is 16.0. The summed E-state index contributed by atoms with van der Waals surface area (Å²) in [6, 6.07) is 0. The van der Waals surface area contributed by atoms with Crippen molar-refractivity contribution in [3.63, 3.8) is 0 Å². The molecule has 22 heavy (non-hydrogen) atoms. The Morgan fingerprint density at radius 1 is 1.09 bits per heavy atom. The van der Waals surface area contributed by atoms with Gasteiger partial charge in [-0.2, -0.15) is 0 Å². The standard InChI is InChI=1S/C7H12O2.C5H8O2.C4H6O2/c1-3-5-6-9-7(8)4-2;1-3-4(2)5(6)7;1-3(2)4(5)6/h4H,2-3,5-6H2,1H3;2-3H2,1H3,(H,6,7);1H2,2H3,(H,5,6). The number of carbonyl (C=O) groups is 3. The molecule has 0 rings (SSSR count). The second-order valence-electron chi connectivity index (χ2n) is 4.07. The van der Waals surface area contributed by atoms with Crippen molar-refractivity contribution in [1.82, 2.24) is 0 Å². The topological polar surface area (TPSA) is 101 Å². The molecule has 0 radical (unpaired) electrons. The van der Waals surface area contributed by atoms with Crippen LogP contribution < -0.4 is 0 Å². The maximum atomic E-state index is 10.3. The van der Waals surface area contributed by atoms with E-state index in [9.17, 15) is 14.4 Å². The van der Waals surface area contributed by atoms with Crippen LogP contribution in [0.1, 0.15) is 40.0 Å². The van der Waals surface area contributed by atoms with E-state index in [1.807, 2.05) is 6.92 Å². The minimum Gasteiger partial charge on any atom is -0.478 e. The van der Waals surface area contributed by atoms with Gasteiger partial charge in [-0.3, -0.25) is 0 Å². The molecule has 0 spiro atoms. The molecule has 6 heteroatoms. The summed E-state index contributed by atoms with van der Waals surface area (Å²) in [7, 11) is 0. The van der Waals surface area contributed by atoms with Crippen LogP contribution >= 0.6 is 0 Å². The van der Waals surface area contributed by atoms with Crippen LogP contribution in [0, 0.1) is 0 Å². The SMILES string of the molecule is C=C(C)C(=O)O.C=C(CC)C(=O)O.C=CC(=O)OCCCC. The Hall–Kier alpha value is -2.37. The minimum absolute atomic E-state index is 0.176. The summed E-state index contributed by atoms with van der Waals surface area (Å²) in [5.41, 5.74) is 0.440. The second kappa shape index (κ2) is 16.7. The van der Waals surface area contributed by atoms with Crippen LogP contribution in [0.4, 0.5) is 0 Å². The van der Waals surface area contributed by atoms with E-state index in [0.29, 0.717) is 13.0 Å². The van der Waals surface area contributed by atoms with Gasteiger partial charge in [0.1, 0.15) is 0 Å². The summed E-state index contributed by atoms with van der Waals surface area (Å²) in [4.78, 5) is 29.8. The molecule has 0 aliphatic heterocycles. The molecule has 0 aromatic carbocycles. The molecule has 126 valence electrons. The molecular formula is C16H26O6. The number of hydrogen-bond acceptors (Lipinski definition) is 4. The molecule has 0 unspecified atom stereocenters. The minimum atomic E-state index is -0.935. The van der Waals surface area contributed by atoms with E-state index >= 15 is 0 Å². The van der Waals surface area contributed by atoms with E-state index in [1.54, 1.807) is 6.92 Å². The lowest BCUT2D eigenvalue weighted by Gasteiger charge is -1.97. The molecule has 0 aliphatic carbocycles. The monoisotopic (exact) mass is 314 g/mol. The molecule has 6 nitrogen and oxygen atoms in total. The fourth-order valence-corrected chi connectivity index (χ4v) is 0.527. The lowest BCUT2D eigenvalue weighted by Crippen LogP contribution is -2.00. The average molecular weight is 314 g/mol. The number of carboxylic acids is 2. The molecule has 0 fully saturated rings. The highest BCUT2D eigenvalue weighted by atomic mass is 16.5. The molecule has 0 heterocycles. The third-order valence-corrected chi connectivity index (χ3v) is 2.00. The van der Waals surface area contributed by atoms with Crippen LogP contribution in [-0.4, -0.2) is 34.7 Å². The summed E-state index contributed by atoms with van der Waals surface area (Å²) >= 11 is 0. The van der Waals surface area contributed by atoms with Gasteiger partial charge in [-0.15, -0.1) is 0 Å². The third kappa shape index (κ3) is 22.8. The first-order chi connectivity index (χ1) is 10.1. The maximum Gasteiger partial charge on any atom is 0.330 e. The predicted octanol–water partition coefficient (Wildman–Crippen LogP) is 3.20. The number of esters is 1. The third-order valence-electron chi connectivity index (χ3n) is 2.00. The van der Waals surface area contributed by atoms with Gasteiger partial charge in [0.15, 0.2) is 0 Å². The molecule has 0 bridgehead atoms. The van der Waals surface area contributed by atoms with E-state index in [1.165, 1.54) is 13.0 Å². The number of hydrogen-bond donors (Lipinski definition) is 2. The molecule has 0 atom stereocenters. The van der Waals surface area contributed by atoms with Crippen molar-refractivity contribution < 1.29 is 29.3 Å². The Morgan fingerprint density at radius 2 is 1.55 bits per heavy atom. The van der Waals surface area contributed by atoms with Gasteiger partial charge in [0.05, 0.1) is 6.61 Å². The highest BCUT2D eigenvalue weighted by molar-refractivity contribution is 5.85. The number of carboxylic acid groups (broad SMARTS) is 2. The van der Waals surface area contributed by atoms with E-state index in [-0.39, 0.29) is 17.1 Å². The summed E-state index contributed by atoms with van der Waals surface area (Å²) in [6.07, 6.45) is 3.68. The zero-order valence-electron chi connectivity index (χ0n) is 13.6. The van der Waals surface area contributed by atoms with E-state index < -0.39 is 11.9 Å². The van der Waals surface area contributed by atoms with Gasteiger partial charge in [-0.1, -0.05) is 40.0 Å². The first kappa shape index (κ1) is 24.6. The van der Waals surface area contributed by atoms with E-state index in [0.717, 1.165) is 12.8 Å². The molecule has 0 aromatic heterocycles. The summed E-state index contributed by atoms with van der Waals surface area (Å²) < 4.78 is 4.67. The molecular weight excluding hydrogens is 288 g/mol. The van der Waals surface area contributed by atoms with Crippen LogP contribution in [-0.2, 0) is 19.1 Å². The van der Waals surface area contributed by atoms with Gasteiger partial charge >= 0.3 is 17.9 Å². The number of carbonyl (C=O) groups excluding carboxylic acids is 1. The molecule has 0 aromatic rings. The number of ether oxygens (including phenoxy) is 1. The number of rotatable bonds is 7. The largest absolute Gasteiger partial charge is 0.478 e. The summed E-state index contributed by atoms with van der Waals surface area (Å²) in [6.45, 7) is 15.5. The quantitative estimate of drug-likeness (QED) is 0.425. The van der Waals surface area contributed by atoms with Gasteiger partial charge in [0.2, 0.25) is 0 Å². The smallest absolute Gasteiger partial charge is 0.330 e. The normalized spacial score (nSPS) is 8.14. The van der Waals surface area contributed by atoms with Crippen LogP contribution in [0.25, 0.3) is 0 Å². The van der Waals surface area contributed by atoms with Crippen molar-refractivity contribution in [3.05, 3.63) is 37.0 Å². The summed E-state index contributed by atoms with van der Waals surface area (Å²) in [5.74, 6) is -2.17.